The number of nitrogens with one attached hydrogen (secondary N) is 1. The van der Waals surface area contributed by atoms with Crippen LogP contribution in [0.2, 0.25) is 0 Å². The van der Waals surface area contributed by atoms with Crippen molar-refractivity contribution in [2.24, 2.45) is 0 Å². The number of aliphatic hydroxyl groups is 1. The first-order valence-corrected chi connectivity index (χ1v) is 4.12. The van der Waals surface area contributed by atoms with Crippen molar-refractivity contribution in [3.05, 3.63) is 5.21 Å². The van der Waals surface area contributed by atoms with Gasteiger partial charge in [-0.2, -0.15) is 0 Å². The number of hydroxylamine groups is 1. The average molecular weight is 178 g/mol. The van der Waals surface area contributed by atoms with E-state index in [1.54, 1.807) is 19.3 Å². The molecule has 0 fully saturated rings. The fraction of sp³-hybridized carbons (Fsp3) is 1.00. The minimum absolute atomic E-state index is 0.0787. The maximum absolute atomic E-state index is 9.38. The van der Waals surface area contributed by atoms with Crippen molar-refractivity contribution in [1.82, 2.24) is 5.48 Å². The van der Waals surface area contributed by atoms with Crippen molar-refractivity contribution in [3.63, 3.8) is 0 Å². The number of hydrogen-bond acceptors (Lipinski definition) is 3. The molecule has 0 amide bonds. The standard InChI is InChI=1S/C5H14NO.C3H8NO/c1-6(2,3)4-5-7;1-3(2)4-5/h7H,4-5H2,1-3H3;3-4H,1-2H3/q+1;-1. The van der Waals surface area contributed by atoms with Crippen LogP contribution in [0, 0.1) is 5.21 Å². The summed E-state index contributed by atoms with van der Waals surface area (Å²) in [7, 11) is 6.16. The first kappa shape index (κ1) is 14.4. The monoisotopic (exact) mass is 178 g/mol. The molecule has 0 heterocycles. The quantitative estimate of drug-likeness (QED) is 0.478. The first-order valence-electron chi connectivity index (χ1n) is 4.12. The summed E-state index contributed by atoms with van der Waals surface area (Å²) in [5, 5.41) is 17.8. The molecule has 4 heteroatoms. The molecule has 0 aromatic rings. The number of hydrogen-bond donors (Lipinski definition) is 2. The highest BCUT2D eigenvalue weighted by Crippen LogP contribution is 1.84. The van der Waals surface area contributed by atoms with E-state index in [-0.39, 0.29) is 12.6 Å². The van der Waals surface area contributed by atoms with Crippen LogP contribution in [0.15, 0.2) is 0 Å². The fourth-order valence-corrected chi connectivity index (χ4v) is 0.300. The Balaban J connectivity index is 0. The summed E-state index contributed by atoms with van der Waals surface area (Å²) in [6.45, 7) is 4.71. The van der Waals surface area contributed by atoms with Crippen LogP contribution in [0.4, 0.5) is 0 Å². The molecule has 12 heavy (non-hydrogen) atoms. The Morgan fingerprint density at radius 3 is 1.67 bits per heavy atom. The molecule has 0 aromatic carbocycles. The zero-order valence-electron chi connectivity index (χ0n) is 8.79. The second kappa shape index (κ2) is 7.49. The van der Waals surface area contributed by atoms with Gasteiger partial charge in [-0.3, -0.25) is 0 Å². The summed E-state index contributed by atoms with van der Waals surface area (Å²) in [4.78, 5) is 0. The van der Waals surface area contributed by atoms with E-state index in [9.17, 15) is 5.21 Å². The molecule has 0 bridgehead atoms. The van der Waals surface area contributed by atoms with E-state index in [0.717, 1.165) is 11.0 Å². The van der Waals surface area contributed by atoms with Crippen LogP contribution in [0.25, 0.3) is 0 Å². The molecule has 0 aromatic heterocycles. The Hall–Kier alpha value is -0.160. The van der Waals surface area contributed by atoms with Gasteiger partial charge >= 0.3 is 0 Å². The number of rotatable bonds is 3. The van der Waals surface area contributed by atoms with Crippen molar-refractivity contribution < 1.29 is 9.59 Å². The lowest BCUT2D eigenvalue weighted by molar-refractivity contribution is -0.870. The third-order valence-corrected chi connectivity index (χ3v) is 1.01. The van der Waals surface area contributed by atoms with Crippen LogP contribution in [0.1, 0.15) is 13.8 Å². The first-order chi connectivity index (χ1) is 5.33. The summed E-state index contributed by atoms with van der Waals surface area (Å²) in [5.41, 5.74) is 1.78. The summed E-state index contributed by atoms with van der Waals surface area (Å²) >= 11 is 0. The Bertz CT molecular complexity index is 89.5. The van der Waals surface area contributed by atoms with Crippen LogP contribution >= 0.6 is 0 Å². The molecule has 76 valence electrons. The van der Waals surface area contributed by atoms with Gasteiger partial charge in [-0.15, -0.1) is 0 Å². The van der Waals surface area contributed by atoms with Crippen LogP contribution in [0.5, 0.6) is 0 Å². The minimum atomic E-state index is 0.0787. The predicted octanol–water partition coefficient (Wildman–Crippen LogP) is 0.167. The van der Waals surface area contributed by atoms with Gasteiger partial charge < -0.3 is 20.3 Å². The molecule has 0 aliphatic rings. The van der Waals surface area contributed by atoms with E-state index in [1.165, 1.54) is 0 Å². The fourth-order valence-electron chi connectivity index (χ4n) is 0.300. The topological polar surface area (TPSA) is 55.3 Å². The number of nitrogens with zero attached hydrogens (tertiary/aromatic N) is 1. The van der Waals surface area contributed by atoms with Crippen LogP contribution in [0.3, 0.4) is 0 Å². The normalized spacial score (nSPS) is 11.0. The lowest BCUT2D eigenvalue weighted by atomic mass is 10.4. The maximum Gasteiger partial charge on any atom is 0.101 e. The molecule has 0 aliphatic heterocycles. The molecule has 0 aliphatic carbocycles. The molecule has 0 saturated carbocycles. The second-order valence-electron chi connectivity index (χ2n) is 4.01. The third kappa shape index (κ3) is 22.5. The molecule has 0 rings (SSSR count). The molecule has 0 radical (unpaired) electrons. The third-order valence-electron chi connectivity index (χ3n) is 1.01. The lowest BCUT2D eigenvalue weighted by Gasteiger charge is -2.21. The number of likely N-dealkylation sites (N-methyl/N-ethyl adjacent to an activating group) is 1. The summed E-state index contributed by atoms with van der Waals surface area (Å²) in [6.07, 6.45) is 0. The van der Waals surface area contributed by atoms with Crippen molar-refractivity contribution in [2.45, 2.75) is 19.9 Å². The largest absolute Gasteiger partial charge is 0.788 e. The molecule has 0 spiro atoms. The smallest absolute Gasteiger partial charge is 0.101 e. The molecule has 0 saturated heterocycles. The zero-order chi connectivity index (χ0) is 10.2. The van der Waals surface area contributed by atoms with E-state index in [1.807, 2.05) is 0 Å². The van der Waals surface area contributed by atoms with Gasteiger partial charge in [-0.05, 0) is 6.04 Å². The van der Waals surface area contributed by atoms with Gasteiger partial charge in [0.2, 0.25) is 0 Å². The Morgan fingerprint density at radius 2 is 1.67 bits per heavy atom. The Kier molecular flexibility index (Phi) is 8.97. The minimum Gasteiger partial charge on any atom is -0.788 e. The molecular formula is C8H22N2O2. The van der Waals surface area contributed by atoms with Crippen molar-refractivity contribution in [3.8, 4) is 0 Å². The summed E-state index contributed by atoms with van der Waals surface area (Å²) < 4.78 is 0.844. The number of quaternary nitrogens is 1. The highest BCUT2D eigenvalue weighted by Gasteiger charge is 2.02. The molecule has 0 unspecified atom stereocenters. The zero-order valence-corrected chi connectivity index (χ0v) is 8.79. The van der Waals surface area contributed by atoms with Gasteiger partial charge in [0, 0.05) is 0 Å². The van der Waals surface area contributed by atoms with E-state index >= 15 is 0 Å². The van der Waals surface area contributed by atoms with Gasteiger partial charge in [-0.1, -0.05) is 13.8 Å². The van der Waals surface area contributed by atoms with Crippen LogP contribution < -0.4 is 5.48 Å². The van der Waals surface area contributed by atoms with Gasteiger partial charge in [-0.25, -0.2) is 0 Å². The van der Waals surface area contributed by atoms with Gasteiger partial charge in [0.25, 0.3) is 0 Å². The van der Waals surface area contributed by atoms with Crippen LogP contribution in [-0.4, -0.2) is 49.9 Å². The van der Waals surface area contributed by atoms with Crippen molar-refractivity contribution in [1.29, 1.82) is 0 Å². The number of aliphatic hydroxyl groups excluding tert-OH is 1. The molecule has 2 N–H and O–H groups in total. The molecule has 0 atom stereocenters. The summed E-state index contributed by atoms with van der Waals surface area (Å²) in [6, 6.07) is 0.0787. The summed E-state index contributed by atoms with van der Waals surface area (Å²) in [5.74, 6) is 0. The highest BCUT2D eigenvalue weighted by atomic mass is 16.5. The molecular weight excluding hydrogens is 156 g/mol. The maximum atomic E-state index is 9.38. The predicted molar refractivity (Wildman–Crippen MR) is 51.6 cm³/mol. The van der Waals surface area contributed by atoms with E-state index in [0.29, 0.717) is 0 Å². The second-order valence-corrected chi connectivity index (χ2v) is 4.01. The van der Waals surface area contributed by atoms with Crippen LogP contribution in [-0.2, 0) is 0 Å². The van der Waals surface area contributed by atoms with Gasteiger partial charge in [0.15, 0.2) is 0 Å². The highest BCUT2D eigenvalue weighted by molar-refractivity contribution is 4.47. The SMILES string of the molecule is CC(C)N[O-].C[N+](C)(C)CCO. The molecule has 4 nitrogen and oxygen atoms in total. The van der Waals surface area contributed by atoms with Crippen molar-refractivity contribution in [2.75, 3.05) is 34.3 Å². The lowest BCUT2D eigenvalue weighted by Crippen LogP contribution is -2.36. The van der Waals surface area contributed by atoms with Gasteiger partial charge in [0.05, 0.1) is 27.7 Å². The Morgan fingerprint density at radius 1 is 1.33 bits per heavy atom. The van der Waals surface area contributed by atoms with Gasteiger partial charge in [0.1, 0.15) is 6.54 Å². The Labute approximate surface area is 75.4 Å². The average Bonchev–Trinajstić information content (AvgIpc) is 1.86. The van der Waals surface area contributed by atoms with E-state index in [2.05, 4.69) is 21.1 Å². The van der Waals surface area contributed by atoms with Crippen molar-refractivity contribution >= 4 is 0 Å². The van der Waals surface area contributed by atoms with E-state index in [4.69, 9.17) is 5.11 Å². The van der Waals surface area contributed by atoms with E-state index < -0.39 is 0 Å².